The summed E-state index contributed by atoms with van der Waals surface area (Å²) in [6.45, 7) is 1.58. The zero-order valence-electron chi connectivity index (χ0n) is 15.3. The Morgan fingerprint density at radius 3 is 2.25 bits per heavy atom. The molecule has 1 atom stereocenters. The lowest BCUT2D eigenvalue weighted by Crippen LogP contribution is -2.27. The van der Waals surface area contributed by atoms with E-state index >= 15 is 0 Å². The van der Waals surface area contributed by atoms with Gasteiger partial charge in [0.15, 0.2) is 0 Å². The number of nitrogens with one attached hydrogen (secondary N) is 1. The molecule has 0 fully saturated rings. The average molecular weight is 403 g/mol. The van der Waals surface area contributed by atoms with Gasteiger partial charge in [-0.1, -0.05) is 24.3 Å². The van der Waals surface area contributed by atoms with E-state index < -0.39 is 27.7 Å². The van der Waals surface area contributed by atoms with E-state index in [-0.39, 0.29) is 10.5 Å². The van der Waals surface area contributed by atoms with Crippen LogP contribution < -0.4 is 9.46 Å². The Bertz CT molecular complexity index is 1080. The normalized spacial score (nSPS) is 12.6. The molecule has 0 saturated carbocycles. The summed E-state index contributed by atoms with van der Waals surface area (Å²) in [4.78, 5) is 0.0454. The van der Waals surface area contributed by atoms with E-state index in [1.807, 2.05) is 0 Å². The second-order valence-electron chi connectivity index (χ2n) is 6.23. The highest BCUT2D eigenvalue weighted by molar-refractivity contribution is 7.89. The summed E-state index contributed by atoms with van der Waals surface area (Å²) in [5, 5.41) is 0. The van der Waals surface area contributed by atoms with Crippen LogP contribution in [0, 0.1) is 11.6 Å². The van der Waals surface area contributed by atoms with Crippen LogP contribution in [0.25, 0.3) is 11.1 Å². The van der Waals surface area contributed by atoms with Gasteiger partial charge in [-0.25, -0.2) is 21.9 Å². The molecular formula is C21H19F2NO3S. The summed E-state index contributed by atoms with van der Waals surface area (Å²) >= 11 is 0. The molecule has 0 aromatic heterocycles. The molecule has 28 heavy (non-hydrogen) atoms. The zero-order valence-corrected chi connectivity index (χ0v) is 16.1. The summed E-state index contributed by atoms with van der Waals surface area (Å²) in [5.74, 6) is -0.481. The van der Waals surface area contributed by atoms with Crippen molar-refractivity contribution in [2.45, 2.75) is 17.9 Å². The van der Waals surface area contributed by atoms with Gasteiger partial charge >= 0.3 is 0 Å². The van der Waals surface area contributed by atoms with Crippen molar-refractivity contribution in [3.05, 3.63) is 83.9 Å². The lowest BCUT2D eigenvalue weighted by molar-refractivity contribution is 0.414. The second kappa shape index (κ2) is 8.08. The van der Waals surface area contributed by atoms with Crippen molar-refractivity contribution in [2.24, 2.45) is 0 Å². The predicted molar refractivity (Wildman–Crippen MR) is 104 cm³/mol. The van der Waals surface area contributed by atoms with Crippen LogP contribution in [0.4, 0.5) is 8.78 Å². The Kier molecular flexibility index (Phi) is 5.76. The van der Waals surface area contributed by atoms with Gasteiger partial charge in [0.25, 0.3) is 0 Å². The fraction of sp³-hybridized carbons (Fsp3) is 0.143. The Morgan fingerprint density at radius 1 is 0.929 bits per heavy atom. The summed E-state index contributed by atoms with van der Waals surface area (Å²) < 4.78 is 61.1. The maximum absolute atomic E-state index is 14.2. The van der Waals surface area contributed by atoms with Gasteiger partial charge in [0.1, 0.15) is 17.4 Å². The van der Waals surface area contributed by atoms with Gasteiger partial charge in [0.05, 0.1) is 12.0 Å². The molecule has 0 aliphatic heterocycles. The molecule has 7 heteroatoms. The third-order valence-electron chi connectivity index (χ3n) is 4.35. The highest BCUT2D eigenvalue weighted by Gasteiger charge is 2.22. The Morgan fingerprint density at radius 2 is 1.61 bits per heavy atom. The van der Waals surface area contributed by atoms with E-state index in [0.717, 1.165) is 0 Å². The highest BCUT2D eigenvalue weighted by atomic mass is 32.2. The van der Waals surface area contributed by atoms with Crippen LogP contribution in [-0.2, 0) is 10.0 Å². The molecule has 4 nitrogen and oxygen atoms in total. The fourth-order valence-electron chi connectivity index (χ4n) is 2.94. The summed E-state index contributed by atoms with van der Waals surface area (Å²) in [5.41, 5.74) is 1.03. The van der Waals surface area contributed by atoms with Crippen LogP contribution in [0.3, 0.4) is 0 Å². The van der Waals surface area contributed by atoms with E-state index in [1.54, 1.807) is 25.1 Å². The van der Waals surface area contributed by atoms with Gasteiger partial charge in [-0.15, -0.1) is 0 Å². The van der Waals surface area contributed by atoms with Crippen molar-refractivity contribution in [1.82, 2.24) is 4.72 Å². The van der Waals surface area contributed by atoms with Gasteiger partial charge < -0.3 is 4.74 Å². The first-order valence-electron chi connectivity index (χ1n) is 8.52. The summed E-state index contributed by atoms with van der Waals surface area (Å²) in [6.07, 6.45) is 0. The number of halogens is 2. The monoisotopic (exact) mass is 403 g/mol. The van der Waals surface area contributed by atoms with Crippen LogP contribution in [0.1, 0.15) is 18.5 Å². The van der Waals surface area contributed by atoms with E-state index in [2.05, 4.69) is 4.72 Å². The SMILES string of the molecule is COc1ccc(S(=O)(=O)N[C@H](C)c2cc(F)ccc2-c2ccccc2F)cc1. The van der Waals surface area contributed by atoms with Crippen molar-refractivity contribution in [1.29, 1.82) is 0 Å². The number of methoxy groups -OCH3 is 1. The Balaban J connectivity index is 1.97. The number of benzene rings is 3. The Hall–Kier alpha value is -2.77. The highest BCUT2D eigenvalue weighted by Crippen LogP contribution is 2.31. The first kappa shape index (κ1) is 20.0. The maximum atomic E-state index is 14.2. The molecule has 0 aliphatic rings. The molecule has 146 valence electrons. The van der Waals surface area contributed by atoms with Crippen LogP contribution in [0.5, 0.6) is 5.75 Å². The number of hydrogen-bond acceptors (Lipinski definition) is 3. The standard InChI is InChI=1S/C21H19F2NO3S/c1-14(24-28(25,26)17-10-8-16(27-2)9-11-17)20-13-15(22)7-12-18(20)19-5-3-4-6-21(19)23/h3-14,24H,1-2H3/t14-/m1/s1. The van der Waals surface area contributed by atoms with Crippen LogP contribution in [0.15, 0.2) is 71.6 Å². The molecule has 0 radical (unpaired) electrons. The topological polar surface area (TPSA) is 55.4 Å². The summed E-state index contributed by atoms with van der Waals surface area (Å²) in [6, 6.07) is 15.1. The van der Waals surface area contributed by atoms with Crippen molar-refractivity contribution in [3.8, 4) is 16.9 Å². The molecule has 1 N–H and O–H groups in total. The lowest BCUT2D eigenvalue weighted by atomic mass is 9.95. The molecule has 0 spiro atoms. The van der Waals surface area contributed by atoms with E-state index in [9.17, 15) is 17.2 Å². The smallest absolute Gasteiger partial charge is 0.241 e. The third kappa shape index (κ3) is 4.21. The van der Waals surface area contributed by atoms with Crippen molar-refractivity contribution >= 4 is 10.0 Å². The minimum atomic E-state index is -3.88. The fourth-order valence-corrected chi connectivity index (χ4v) is 4.16. The predicted octanol–water partition coefficient (Wildman–Crippen LogP) is 4.68. The molecule has 0 amide bonds. The van der Waals surface area contributed by atoms with Gasteiger partial charge in [-0.05, 0) is 60.5 Å². The van der Waals surface area contributed by atoms with Crippen molar-refractivity contribution in [2.75, 3.05) is 7.11 Å². The molecular weight excluding hydrogens is 384 g/mol. The Labute approximate surface area is 162 Å². The minimum Gasteiger partial charge on any atom is -0.497 e. The second-order valence-corrected chi connectivity index (χ2v) is 7.94. The number of sulfonamides is 1. The van der Waals surface area contributed by atoms with Gasteiger partial charge in [-0.3, -0.25) is 0 Å². The van der Waals surface area contributed by atoms with Crippen LogP contribution in [-0.4, -0.2) is 15.5 Å². The van der Waals surface area contributed by atoms with Gasteiger partial charge in [0.2, 0.25) is 10.0 Å². The quantitative estimate of drug-likeness (QED) is 0.650. The van der Waals surface area contributed by atoms with E-state index in [1.165, 1.54) is 55.6 Å². The number of hydrogen-bond donors (Lipinski definition) is 1. The van der Waals surface area contributed by atoms with Crippen LogP contribution in [0.2, 0.25) is 0 Å². The molecule has 0 saturated heterocycles. The van der Waals surface area contributed by atoms with Crippen LogP contribution >= 0.6 is 0 Å². The molecule has 3 aromatic carbocycles. The van der Waals surface area contributed by atoms with Gasteiger partial charge in [0, 0.05) is 11.6 Å². The molecule has 3 rings (SSSR count). The van der Waals surface area contributed by atoms with Crippen molar-refractivity contribution in [3.63, 3.8) is 0 Å². The zero-order chi connectivity index (χ0) is 20.3. The first-order valence-corrected chi connectivity index (χ1v) is 10.0. The van der Waals surface area contributed by atoms with E-state index in [0.29, 0.717) is 16.9 Å². The van der Waals surface area contributed by atoms with E-state index in [4.69, 9.17) is 4.74 Å². The summed E-state index contributed by atoms with van der Waals surface area (Å²) in [7, 11) is -2.39. The number of ether oxygens (including phenoxy) is 1. The lowest BCUT2D eigenvalue weighted by Gasteiger charge is -2.19. The third-order valence-corrected chi connectivity index (χ3v) is 5.90. The molecule has 0 aliphatic carbocycles. The largest absolute Gasteiger partial charge is 0.497 e. The molecule has 0 unspecified atom stereocenters. The molecule has 0 heterocycles. The molecule has 0 bridgehead atoms. The first-order chi connectivity index (χ1) is 13.3. The maximum Gasteiger partial charge on any atom is 0.241 e. The van der Waals surface area contributed by atoms with Crippen molar-refractivity contribution < 1.29 is 21.9 Å². The molecule has 3 aromatic rings. The number of rotatable bonds is 6. The average Bonchev–Trinajstić information content (AvgIpc) is 2.68. The van der Waals surface area contributed by atoms with Gasteiger partial charge in [-0.2, -0.15) is 0 Å². The minimum absolute atomic E-state index is 0.0454.